The highest BCUT2D eigenvalue weighted by atomic mass is 16.2. The van der Waals surface area contributed by atoms with E-state index in [9.17, 15) is 14.4 Å². The summed E-state index contributed by atoms with van der Waals surface area (Å²) in [5, 5.41) is 2.03. The van der Waals surface area contributed by atoms with E-state index in [2.05, 4.69) is 0 Å². The topological polar surface area (TPSA) is 63.2 Å². The number of imide groups is 1. The molecule has 4 nitrogen and oxygen atoms in total. The predicted molar refractivity (Wildman–Crippen MR) is 43.6 cm³/mol. The number of ketones is 1. The maximum absolute atomic E-state index is 11.3. The summed E-state index contributed by atoms with van der Waals surface area (Å²) < 4.78 is 0. The number of fused-ring (bicyclic) bond motifs is 1. The molecular weight excluding hydrogens is 170 g/mol. The maximum Gasteiger partial charge on any atom is 0.294 e. The summed E-state index contributed by atoms with van der Waals surface area (Å²) in [6.07, 6.45) is 4.08. The molecule has 1 unspecified atom stereocenters. The van der Waals surface area contributed by atoms with Gasteiger partial charge in [-0.1, -0.05) is 6.08 Å². The van der Waals surface area contributed by atoms with Crippen LogP contribution in [0.15, 0.2) is 11.6 Å². The molecule has 1 aliphatic carbocycles. The molecule has 0 radical (unpaired) electrons. The third-order valence-electron chi connectivity index (χ3n) is 2.47. The van der Waals surface area contributed by atoms with Gasteiger partial charge in [-0.2, -0.15) is 0 Å². The van der Waals surface area contributed by atoms with Crippen LogP contribution in [0, 0.1) is 5.92 Å². The molecule has 13 heavy (non-hydrogen) atoms. The fourth-order valence-electron chi connectivity index (χ4n) is 1.80. The van der Waals surface area contributed by atoms with Crippen LogP contribution < -0.4 is 5.32 Å². The second kappa shape index (κ2) is 2.80. The predicted octanol–water partition coefficient (Wildman–Crippen LogP) is -0.0616. The van der Waals surface area contributed by atoms with E-state index in [-0.39, 0.29) is 0 Å². The van der Waals surface area contributed by atoms with Crippen molar-refractivity contribution in [3.05, 3.63) is 11.6 Å². The van der Waals surface area contributed by atoms with Crippen molar-refractivity contribution in [3.8, 4) is 0 Å². The number of hydrogen-bond donors (Lipinski definition) is 1. The Labute approximate surface area is 75.0 Å². The molecule has 0 spiro atoms. The maximum atomic E-state index is 11.3. The van der Waals surface area contributed by atoms with E-state index in [1.165, 1.54) is 0 Å². The highest BCUT2D eigenvalue weighted by Crippen LogP contribution is 2.27. The van der Waals surface area contributed by atoms with E-state index in [1.807, 2.05) is 5.32 Å². The van der Waals surface area contributed by atoms with Crippen molar-refractivity contribution >= 4 is 17.6 Å². The highest BCUT2D eigenvalue weighted by molar-refractivity contribution is 6.44. The van der Waals surface area contributed by atoms with Gasteiger partial charge in [0.1, 0.15) is 0 Å². The summed E-state index contributed by atoms with van der Waals surface area (Å²) in [6.45, 7) is 0. The number of allylic oxidation sites excluding steroid dienone is 1. The van der Waals surface area contributed by atoms with Gasteiger partial charge < -0.3 is 0 Å². The molecule has 68 valence electrons. The Morgan fingerprint density at radius 1 is 1.23 bits per heavy atom. The van der Waals surface area contributed by atoms with E-state index >= 15 is 0 Å². The fraction of sp³-hybridized carbons (Fsp3) is 0.444. The van der Waals surface area contributed by atoms with Crippen molar-refractivity contribution < 1.29 is 14.4 Å². The first kappa shape index (κ1) is 8.16. The Hall–Kier alpha value is -1.45. The van der Waals surface area contributed by atoms with E-state index in [1.54, 1.807) is 6.08 Å². The van der Waals surface area contributed by atoms with Crippen LogP contribution in [0.1, 0.15) is 19.3 Å². The molecule has 1 fully saturated rings. The second-order valence-electron chi connectivity index (χ2n) is 3.29. The molecule has 1 N–H and O–H groups in total. The number of Topliss-reactive ketones (excluding diaryl/α,β-unsaturated/α-hetero) is 1. The SMILES string of the molecule is O=C1NC(=O)C2=CCCCC2C1=O. The van der Waals surface area contributed by atoms with Crippen LogP contribution >= 0.6 is 0 Å². The molecule has 1 atom stereocenters. The Balaban J connectivity index is 2.38. The lowest BCUT2D eigenvalue weighted by Crippen LogP contribution is -2.48. The van der Waals surface area contributed by atoms with Crippen molar-refractivity contribution in [2.45, 2.75) is 19.3 Å². The van der Waals surface area contributed by atoms with Gasteiger partial charge in [0.05, 0.1) is 5.92 Å². The first-order valence-corrected chi connectivity index (χ1v) is 4.29. The molecule has 1 saturated heterocycles. The average molecular weight is 179 g/mol. The lowest BCUT2D eigenvalue weighted by molar-refractivity contribution is -0.144. The molecule has 0 aromatic heterocycles. The van der Waals surface area contributed by atoms with Crippen LogP contribution in [-0.2, 0) is 14.4 Å². The number of rotatable bonds is 0. The normalized spacial score (nSPS) is 27.8. The monoisotopic (exact) mass is 179 g/mol. The number of piperidine rings is 1. The van der Waals surface area contributed by atoms with Gasteiger partial charge in [0, 0.05) is 5.57 Å². The average Bonchev–Trinajstić information content (AvgIpc) is 2.15. The van der Waals surface area contributed by atoms with Crippen molar-refractivity contribution in [1.82, 2.24) is 5.32 Å². The summed E-state index contributed by atoms with van der Waals surface area (Å²) in [5.41, 5.74) is 0.482. The zero-order valence-corrected chi connectivity index (χ0v) is 7.00. The van der Waals surface area contributed by atoms with Crippen LogP contribution in [0.3, 0.4) is 0 Å². The summed E-state index contributed by atoms with van der Waals surface area (Å²) in [7, 11) is 0. The summed E-state index contributed by atoms with van der Waals surface area (Å²) in [6, 6.07) is 0. The third-order valence-corrected chi connectivity index (χ3v) is 2.47. The van der Waals surface area contributed by atoms with Gasteiger partial charge in [0.2, 0.25) is 5.78 Å². The molecule has 1 heterocycles. The standard InChI is InChI=1S/C9H9NO3/c11-7-5-3-1-2-4-6(5)8(12)10-9(7)13/h4-5H,1-3H2,(H,10,12,13). The van der Waals surface area contributed by atoms with Gasteiger partial charge in [0.15, 0.2) is 0 Å². The highest BCUT2D eigenvalue weighted by Gasteiger charge is 2.38. The molecule has 0 bridgehead atoms. The van der Waals surface area contributed by atoms with Crippen molar-refractivity contribution in [1.29, 1.82) is 0 Å². The summed E-state index contributed by atoms with van der Waals surface area (Å²) in [4.78, 5) is 33.5. The molecule has 0 aromatic rings. The molecule has 0 aromatic carbocycles. The molecular formula is C9H9NO3. The molecule has 4 heteroatoms. The van der Waals surface area contributed by atoms with E-state index in [0.29, 0.717) is 12.0 Å². The number of carbonyl (C=O) groups excluding carboxylic acids is 3. The Kier molecular flexibility index (Phi) is 1.76. The van der Waals surface area contributed by atoms with Crippen molar-refractivity contribution in [3.63, 3.8) is 0 Å². The van der Waals surface area contributed by atoms with Crippen molar-refractivity contribution in [2.75, 3.05) is 0 Å². The Morgan fingerprint density at radius 3 is 2.77 bits per heavy atom. The lowest BCUT2D eigenvalue weighted by atomic mass is 9.81. The van der Waals surface area contributed by atoms with Gasteiger partial charge in [-0.05, 0) is 19.3 Å². The van der Waals surface area contributed by atoms with E-state index in [0.717, 1.165) is 12.8 Å². The van der Waals surface area contributed by atoms with Crippen LogP contribution in [0.2, 0.25) is 0 Å². The van der Waals surface area contributed by atoms with Gasteiger partial charge in [0.25, 0.3) is 11.8 Å². The number of nitrogens with one attached hydrogen (secondary N) is 1. The molecule has 0 saturated carbocycles. The molecule has 2 amide bonds. The van der Waals surface area contributed by atoms with Gasteiger partial charge >= 0.3 is 0 Å². The molecule has 2 rings (SSSR count). The molecule has 1 aliphatic heterocycles. The minimum Gasteiger partial charge on any atom is -0.288 e. The first-order chi connectivity index (χ1) is 6.20. The lowest BCUT2D eigenvalue weighted by Gasteiger charge is -2.25. The minimum absolute atomic E-state index is 0.394. The Bertz CT molecular complexity index is 330. The van der Waals surface area contributed by atoms with Crippen LogP contribution in [0.5, 0.6) is 0 Å². The zero-order valence-electron chi connectivity index (χ0n) is 7.00. The quantitative estimate of drug-likeness (QED) is 0.418. The first-order valence-electron chi connectivity index (χ1n) is 4.29. The van der Waals surface area contributed by atoms with Gasteiger partial charge in [-0.3, -0.25) is 19.7 Å². The van der Waals surface area contributed by atoms with Crippen LogP contribution in [-0.4, -0.2) is 17.6 Å². The van der Waals surface area contributed by atoms with Crippen LogP contribution in [0.25, 0.3) is 0 Å². The fourth-order valence-corrected chi connectivity index (χ4v) is 1.80. The number of amides is 2. The zero-order chi connectivity index (χ0) is 9.42. The largest absolute Gasteiger partial charge is 0.294 e. The Morgan fingerprint density at radius 2 is 2.00 bits per heavy atom. The summed E-state index contributed by atoms with van der Waals surface area (Å²) in [5.74, 6) is -2.08. The molecule has 2 aliphatic rings. The summed E-state index contributed by atoms with van der Waals surface area (Å²) >= 11 is 0. The third kappa shape index (κ3) is 1.18. The van der Waals surface area contributed by atoms with Gasteiger partial charge in [-0.15, -0.1) is 0 Å². The minimum atomic E-state index is -0.756. The van der Waals surface area contributed by atoms with E-state index in [4.69, 9.17) is 0 Å². The van der Waals surface area contributed by atoms with E-state index < -0.39 is 23.5 Å². The second-order valence-corrected chi connectivity index (χ2v) is 3.29. The number of hydrogen-bond acceptors (Lipinski definition) is 3. The number of carbonyl (C=O) groups is 3. The van der Waals surface area contributed by atoms with Crippen LogP contribution in [0.4, 0.5) is 0 Å². The van der Waals surface area contributed by atoms with Crippen molar-refractivity contribution in [2.24, 2.45) is 5.92 Å². The smallest absolute Gasteiger partial charge is 0.288 e. The van der Waals surface area contributed by atoms with Gasteiger partial charge in [-0.25, -0.2) is 0 Å².